The van der Waals surface area contributed by atoms with Crippen LogP contribution in [-0.2, 0) is 0 Å². The van der Waals surface area contributed by atoms with Crippen molar-refractivity contribution >= 4 is 38.2 Å². The summed E-state index contributed by atoms with van der Waals surface area (Å²) in [6.07, 6.45) is 1.39. The minimum Gasteiger partial charge on any atom is -0.493 e. The number of rotatable bonds is 5. The van der Waals surface area contributed by atoms with Crippen LogP contribution < -0.4 is 20.5 Å². The van der Waals surface area contributed by atoms with Crippen molar-refractivity contribution in [3.05, 3.63) is 54.4 Å². The first-order valence-corrected chi connectivity index (χ1v) is 9.01. The molecule has 0 bridgehead atoms. The highest BCUT2D eigenvalue weighted by molar-refractivity contribution is 7.22. The van der Waals surface area contributed by atoms with Gasteiger partial charge < -0.3 is 20.5 Å². The Hall–Kier alpha value is -3.39. The topological polar surface area (TPSA) is 95.2 Å². The third-order valence-electron chi connectivity index (χ3n) is 3.89. The molecule has 8 heteroatoms. The van der Waals surface area contributed by atoms with Gasteiger partial charge in [0.15, 0.2) is 22.4 Å². The number of fused-ring (bicyclic) bond motifs is 1. The van der Waals surface area contributed by atoms with E-state index in [-0.39, 0.29) is 5.88 Å². The van der Waals surface area contributed by atoms with Crippen molar-refractivity contribution in [2.45, 2.75) is 6.92 Å². The van der Waals surface area contributed by atoms with Crippen LogP contribution in [0.15, 0.2) is 48.8 Å². The summed E-state index contributed by atoms with van der Waals surface area (Å²) in [6, 6.07) is 13.4. The normalized spacial score (nSPS) is 10.7. The molecular weight excluding hydrogens is 362 g/mol. The van der Waals surface area contributed by atoms with Gasteiger partial charge in [-0.1, -0.05) is 29.5 Å². The molecule has 0 aliphatic heterocycles. The predicted octanol–water partition coefficient (Wildman–Crippen LogP) is 4.52. The highest BCUT2D eigenvalue weighted by Crippen LogP contribution is 2.36. The maximum Gasteiger partial charge on any atom is 0.248 e. The molecule has 0 saturated carbocycles. The van der Waals surface area contributed by atoms with Gasteiger partial charge in [-0.25, -0.2) is 9.97 Å². The molecule has 0 saturated heterocycles. The van der Waals surface area contributed by atoms with Crippen molar-refractivity contribution in [3.8, 4) is 17.4 Å². The van der Waals surface area contributed by atoms with Crippen molar-refractivity contribution in [2.24, 2.45) is 0 Å². The van der Waals surface area contributed by atoms with Crippen LogP contribution in [0.5, 0.6) is 17.4 Å². The van der Waals surface area contributed by atoms with Crippen LogP contribution in [0.2, 0.25) is 0 Å². The Morgan fingerprint density at radius 2 is 1.89 bits per heavy atom. The number of benzene rings is 2. The second kappa shape index (κ2) is 7.08. The van der Waals surface area contributed by atoms with E-state index in [9.17, 15) is 0 Å². The summed E-state index contributed by atoms with van der Waals surface area (Å²) in [5.41, 5.74) is 8.61. The number of nitrogens with two attached hydrogens (primary N) is 1. The maximum atomic E-state index is 6.21. The molecule has 0 unspecified atom stereocenters. The molecule has 0 aliphatic rings. The zero-order valence-electron chi connectivity index (χ0n) is 14.8. The average molecular weight is 379 g/mol. The minimum absolute atomic E-state index is 0.244. The lowest BCUT2D eigenvalue weighted by atomic mass is 10.2. The lowest BCUT2D eigenvalue weighted by Gasteiger charge is -2.12. The molecule has 0 spiro atoms. The number of nitrogens with one attached hydrogen (secondary N) is 1. The van der Waals surface area contributed by atoms with Crippen LogP contribution in [0.3, 0.4) is 0 Å². The Morgan fingerprint density at radius 1 is 1.07 bits per heavy atom. The molecular formula is C19H17N5O2S. The summed E-state index contributed by atoms with van der Waals surface area (Å²) < 4.78 is 12.2. The third kappa shape index (κ3) is 3.47. The molecule has 0 amide bonds. The number of anilines is 3. The maximum absolute atomic E-state index is 6.21. The van der Waals surface area contributed by atoms with E-state index >= 15 is 0 Å². The van der Waals surface area contributed by atoms with Gasteiger partial charge in [0.2, 0.25) is 5.88 Å². The van der Waals surface area contributed by atoms with E-state index in [1.54, 1.807) is 19.2 Å². The second-order valence-corrected chi connectivity index (χ2v) is 6.84. The Morgan fingerprint density at radius 3 is 2.70 bits per heavy atom. The van der Waals surface area contributed by atoms with Crippen LogP contribution in [0, 0.1) is 6.92 Å². The molecule has 7 nitrogen and oxygen atoms in total. The van der Waals surface area contributed by atoms with Gasteiger partial charge in [-0.2, -0.15) is 4.98 Å². The van der Waals surface area contributed by atoms with Gasteiger partial charge in [0.25, 0.3) is 0 Å². The number of para-hydroxylation sites is 2. The molecule has 0 aliphatic carbocycles. The quantitative estimate of drug-likeness (QED) is 0.526. The number of methoxy groups -OCH3 is 1. The van der Waals surface area contributed by atoms with Gasteiger partial charge in [0, 0.05) is 0 Å². The number of aromatic nitrogens is 3. The van der Waals surface area contributed by atoms with Crippen LogP contribution in [0.4, 0.5) is 16.6 Å². The van der Waals surface area contributed by atoms with Crippen LogP contribution >= 0.6 is 11.3 Å². The monoisotopic (exact) mass is 379 g/mol. The Bertz CT molecular complexity index is 1110. The van der Waals surface area contributed by atoms with Crippen LogP contribution in [-0.4, -0.2) is 22.1 Å². The third-order valence-corrected chi connectivity index (χ3v) is 4.83. The average Bonchev–Trinajstić information content (AvgIpc) is 3.07. The number of nitrogen functional groups attached to an aromatic ring is 1. The molecule has 0 radical (unpaired) electrons. The highest BCUT2D eigenvalue weighted by atomic mass is 32.1. The molecule has 0 atom stereocenters. The fourth-order valence-electron chi connectivity index (χ4n) is 2.55. The van der Waals surface area contributed by atoms with Crippen LogP contribution in [0.25, 0.3) is 10.2 Å². The number of thiazole rings is 1. The van der Waals surface area contributed by atoms with Gasteiger partial charge in [0.1, 0.15) is 12.0 Å². The zero-order valence-corrected chi connectivity index (χ0v) is 15.6. The van der Waals surface area contributed by atoms with E-state index in [1.807, 2.05) is 24.3 Å². The molecule has 136 valence electrons. The van der Waals surface area contributed by atoms with E-state index in [2.05, 4.69) is 33.3 Å². The van der Waals surface area contributed by atoms with Crippen molar-refractivity contribution in [1.29, 1.82) is 0 Å². The van der Waals surface area contributed by atoms with Gasteiger partial charge in [-0.05, 0) is 36.8 Å². The summed E-state index contributed by atoms with van der Waals surface area (Å²) in [5.74, 6) is 1.79. The smallest absolute Gasteiger partial charge is 0.248 e. The number of aryl methyl sites for hydroxylation is 1. The first-order chi connectivity index (χ1) is 13.1. The van der Waals surface area contributed by atoms with Crippen molar-refractivity contribution in [1.82, 2.24) is 15.0 Å². The van der Waals surface area contributed by atoms with Crippen LogP contribution in [0.1, 0.15) is 5.56 Å². The Labute approximate surface area is 159 Å². The van der Waals surface area contributed by atoms with Gasteiger partial charge in [-0.3, -0.25) is 0 Å². The fourth-order valence-corrected chi connectivity index (χ4v) is 3.52. The Balaban J connectivity index is 1.63. The first-order valence-electron chi connectivity index (χ1n) is 8.19. The van der Waals surface area contributed by atoms with E-state index in [0.29, 0.717) is 28.1 Å². The van der Waals surface area contributed by atoms with Gasteiger partial charge in [0.05, 0.1) is 17.3 Å². The molecule has 2 heterocycles. The zero-order chi connectivity index (χ0) is 18.8. The van der Waals surface area contributed by atoms with Crippen molar-refractivity contribution in [2.75, 3.05) is 18.2 Å². The summed E-state index contributed by atoms with van der Waals surface area (Å²) in [4.78, 5) is 12.9. The number of ether oxygens (including phenoxy) is 2. The summed E-state index contributed by atoms with van der Waals surface area (Å²) in [5, 5.41) is 3.85. The van der Waals surface area contributed by atoms with Gasteiger partial charge in [-0.15, -0.1) is 0 Å². The Kier molecular flexibility index (Phi) is 4.47. The lowest BCUT2D eigenvalue weighted by Crippen LogP contribution is -2.03. The van der Waals surface area contributed by atoms with Crippen molar-refractivity contribution < 1.29 is 9.47 Å². The molecule has 4 rings (SSSR count). The standard InChI is InChI=1S/C19H17N5O2S/c1-11-7-8-12-15(9-11)27-19(23-12)24-17-16(20)18(22-10-21-17)26-14-6-4-3-5-13(14)25-2/h3-10H,20H2,1-2H3,(H,21,22,23,24). The number of hydrogen-bond acceptors (Lipinski definition) is 8. The molecule has 3 N–H and O–H groups in total. The summed E-state index contributed by atoms with van der Waals surface area (Å²) >= 11 is 1.53. The van der Waals surface area contributed by atoms with E-state index in [1.165, 1.54) is 23.2 Å². The lowest BCUT2D eigenvalue weighted by molar-refractivity contribution is 0.374. The predicted molar refractivity (Wildman–Crippen MR) is 107 cm³/mol. The minimum atomic E-state index is 0.244. The van der Waals surface area contributed by atoms with E-state index in [0.717, 1.165) is 10.2 Å². The molecule has 2 aromatic carbocycles. The molecule has 4 aromatic rings. The van der Waals surface area contributed by atoms with Gasteiger partial charge >= 0.3 is 0 Å². The van der Waals surface area contributed by atoms with E-state index in [4.69, 9.17) is 15.2 Å². The number of nitrogens with zero attached hydrogens (tertiary/aromatic N) is 3. The van der Waals surface area contributed by atoms with Crippen molar-refractivity contribution in [3.63, 3.8) is 0 Å². The largest absolute Gasteiger partial charge is 0.493 e. The summed E-state index contributed by atoms with van der Waals surface area (Å²) in [6.45, 7) is 2.05. The molecule has 0 fully saturated rings. The van der Waals surface area contributed by atoms with E-state index < -0.39 is 0 Å². The fraction of sp³-hybridized carbons (Fsp3) is 0.105. The molecule has 2 aromatic heterocycles. The SMILES string of the molecule is COc1ccccc1Oc1ncnc(Nc2nc3ccc(C)cc3s2)c1N. The first kappa shape index (κ1) is 17.0. The summed E-state index contributed by atoms with van der Waals surface area (Å²) in [7, 11) is 1.58. The molecule has 27 heavy (non-hydrogen) atoms. The number of hydrogen-bond donors (Lipinski definition) is 2. The highest BCUT2D eigenvalue weighted by Gasteiger charge is 2.14. The second-order valence-electron chi connectivity index (χ2n) is 5.81.